The number of hydrogen-bond acceptors (Lipinski definition) is 1. The Bertz CT molecular complexity index is 77.8. The smallest absolute Gasteiger partial charge is 0.234 e. The molecule has 0 heterocycles. The van der Waals surface area contributed by atoms with E-state index < -0.39 is 0 Å². The Morgan fingerprint density at radius 3 is 2.29 bits per heavy atom. The third kappa shape index (κ3) is 5.14. The Balaban J connectivity index is 3.25. The maximum atomic E-state index is 9.48. The average molecular weight is 100 g/mol. The van der Waals surface area contributed by atoms with E-state index in [0.29, 0.717) is 6.41 Å². The summed E-state index contributed by atoms with van der Waals surface area (Å²) in [5.41, 5.74) is 0. The second-order valence-corrected chi connectivity index (χ2v) is 1.33. The van der Waals surface area contributed by atoms with Gasteiger partial charge in [-0.1, -0.05) is 0 Å². The molecule has 0 fully saturated rings. The van der Waals surface area contributed by atoms with E-state index in [1.165, 1.54) is 6.34 Å². The largest absolute Gasteiger partial charge is 0.369 e. The maximum absolute atomic E-state index is 9.48. The number of carbonyl (C=O) groups excluding carboxylic acids is 1. The molecule has 0 aromatic heterocycles. The van der Waals surface area contributed by atoms with Crippen molar-refractivity contribution in [3.8, 4) is 0 Å². The lowest BCUT2D eigenvalue weighted by Gasteiger charge is -1.98. The number of aliphatic imine (C=N–C) groups is 1. The molecule has 1 amide bonds. The van der Waals surface area contributed by atoms with Gasteiger partial charge in [-0.2, -0.15) is 0 Å². The topological polar surface area (TPSA) is 32.7 Å². The third-order valence-corrected chi connectivity index (χ3v) is 0.358. The van der Waals surface area contributed by atoms with Crippen molar-refractivity contribution in [3.63, 3.8) is 0 Å². The van der Waals surface area contributed by atoms with Crippen molar-refractivity contribution in [1.82, 2.24) is 4.90 Å². The molecular formula is C4H8N2O. The second kappa shape index (κ2) is 3.33. The van der Waals surface area contributed by atoms with E-state index in [0.717, 1.165) is 0 Å². The summed E-state index contributed by atoms with van der Waals surface area (Å²) >= 11 is 0. The van der Waals surface area contributed by atoms with E-state index in [1.54, 1.807) is 19.0 Å². The van der Waals surface area contributed by atoms with Crippen molar-refractivity contribution in [2.75, 3.05) is 14.1 Å². The molecule has 0 unspecified atom stereocenters. The minimum absolute atomic E-state index is 0.500. The third-order valence-electron chi connectivity index (χ3n) is 0.358. The fourth-order valence-corrected chi connectivity index (χ4v) is 0.161. The fraction of sp³-hybridized carbons (Fsp3) is 0.500. The highest BCUT2D eigenvalue weighted by atomic mass is 16.1. The fourth-order valence-electron chi connectivity index (χ4n) is 0.161. The molecule has 0 spiro atoms. The molecule has 0 N–H and O–H groups in total. The minimum Gasteiger partial charge on any atom is -0.369 e. The van der Waals surface area contributed by atoms with Gasteiger partial charge in [-0.15, -0.1) is 0 Å². The highest BCUT2D eigenvalue weighted by molar-refractivity contribution is 5.67. The van der Waals surface area contributed by atoms with Crippen LogP contribution in [0.3, 0.4) is 0 Å². The van der Waals surface area contributed by atoms with Crippen molar-refractivity contribution in [2.24, 2.45) is 4.99 Å². The Morgan fingerprint density at radius 1 is 1.57 bits per heavy atom. The highest BCUT2D eigenvalue weighted by Crippen LogP contribution is 1.60. The van der Waals surface area contributed by atoms with Crippen LogP contribution in [0, 0.1) is 0 Å². The zero-order valence-corrected chi connectivity index (χ0v) is 4.46. The van der Waals surface area contributed by atoms with E-state index in [2.05, 4.69) is 4.99 Å². The van der Waals surface area contributed by atoms with E-state index in [4.69, 9.17) is 0 Å². The van der Waals surface area contributed by atoms with Crippen LogP contribution in [0.4, 0.5) is 0 Å². The van der Waals surface area contributed by atoms with Gasteiger partial charge in [0, 0.05) is 14.1 Å². The van der Waals surface area contributed by atoms with Crippen LogP contribution in [-0.2, 0) is 4.79 Å². The van der Waals surface area contributed by atoms with E-state index >= 15 is 0 Å². The van der Waals surface area contributed by atoms with Crippen molar-refractivity contribution < 1.29 is 4.79 Å². The molecule has 0 saturated carbocycles. The van der Waals surface area contributed by atoms with Gasteiger partial charge < -0.3 is 4.90 Å². The van der Waals surface area contributed by atoms with E-state index in [1.807, 2.05) is 0 Å². The SMILES string of the molecule is CN(C)/C=N/C=O. The van der Waals surface area contributed by atoms with Crippen LogP contribution in [0.5, 0.6) is 0 Å². The Labute approximate surface area is 42.7 Å². The highest BCUT2D eigenvalue weighted by Gasteiger charge is 1.70. The lowest BCUT2D eigenvalue weighted by Crippen LogP contribution is -2.07. The molecular weight excluding hydrogens is 92.1 g/mol. The van der Waals surface area contributed by atoms with Crippen LogP contribution < -0.4 is 0 Å². The molecule has 7 heavy (non-hydrogen) atoms. The summed E-state index contributed by atoms with van der Waals surface area (Å²) in [5.74, 6) is 0. The van der Waals surface area contributed by atoms with Crippen molar-refractivity contribution in [1.29, 1.82) is 0 Å². The van der Waals surface area contributed by atoms with Gasteiger partial charge >= 0.3 is 0 Å². The summed E-state index contributed by atoms with van der Waals surface area (Å²) in [5, 5.41) is 0. The van der Waals surface area contributed by atoms with Crippen LogP contribution in [0.25, 0.3) is 0 Å². The van der Waals surface area contributed by atoms with Gasteiger partial charge in [-0.25, -0.2) is 4.99 Å². The molecule has 3 heteroatoms. The molecule has 3 nitrogen and oxygen atoms in total. The molecule has 0 rings (SSSR count). The van der Waals surface area contributed by atoms with E-state index in [-0.39, 0.29) is 0 Å². The van der Waals surface area contributed by atoms with Crippen LogP contribution in [0.15, 0.2) is 4.99 Å². The summed E-state index contributed by atoms with van der Waals surface area (Å²) in [6, 6.07) is 0. The van der Waals surface area contributed by atoms with Crippen LogP contribution in [0.1, 0.15) is 0 Å². The standard InChI is InChI=1S/C4H8N2O/c1-6(2)3-5-4-7/h3-4H,1-2H3/b5-3+. The molecule has 0 aromatic carbocycles. The average Bonchev–Trinajstić information content (AvgIpc) is 1.61. The van der Waals surface area contributed by atoms with Gasteiger partial charge in [0.05, 0.1) is 6.34 Å². The van der Waals surface area contributed by atoms with Crippen molar-refractivity contribution in [3.05, 3.63) is 0 Å². The van der Waals surface area contributed by atoms with Gasteiger partial charge in [0.2, 0.25) is 6.41 Å². The number of nitrogens with zero attached hydrogens (tertiary/aromatic N) is 2. The van der Waals surface area contributed by atoms with Gasteiger partial charge in [-0.05, 0) is 0 Å². The Morgan fingerprint density at radius 2 is 2.14 bits per heavy atom. The van der Waals surface area contributed by atoms with Crippen LogP contribution >= 0.6 is 0 Å². The number of amides is 1. The molecule has 40 valence electrons. The molecule has 0 aliphatic heterocycles. The summed E-state index contributed by atoms with van der Waals surface area (Å²) < 4.78 is 0. The first-order valence-corrected chi connectivity index (χ1v) is 1.90. The van der Waals surface area contributed by atoms with Crippen molar-refractivity contribution >= 4 is 12.7 Å². The lowest BCUT2D eigenvalue weighted by atomic mass is 10.9. The van der Waals surface area contributed by atoms with Gasteiger partial charge in [-0.3, -0.25) is 4.79 Å². The monoisotopic (exact) mass is 100 g/mol. The molecule has 0 saturated heterocycles. The quantitative estimate of drug-likeness (QED) is 0.272. The maximum Gasteiger partial charge on any atom is 0.234 e. The minimum atomic E-state index is 0.500. The van der Waals surface area contributed by atoms with Crippen molar-refractivity contribution in [2.45, 2.75) is 0 Å². The zero-order valence-electron chi connectivity index (χ0n) is 4.46. The number of hydrogen-bond donors (Lipinski definition) is 0. The first-order valence-electron chi connectivity index (χ1n) is 1.90. The van der Waals surface area contributed by atoms with Crippen LogP contribution in [0.2, 0.25) is 0 Å². The summed E-state index contributed by atoms with van der Waals surface area (Å²) in [6.45, 7) is 0. The Kier molecular flexibility index (Phi) is 2.92. The van der Waals surface area contributed by atoms with Gasteiger partial charge in [0.15, 0.2) is 0 Å². The summed E-state index contributed by atoms with van der Waals surface area (Å²) in [7, 11) is 3.60. The summed E-state index contributed by atoms with van der Waals surface area (Å²) in [6.07, 6.45) is 1.94. The first kappa shape index (κ1) is 6.14. The summed E-state index contributed by atoms with van der Waals surface area (Å²) in [4.78, 5) is 14.5. The Hall–Kier alpha value is -0.860. The first-order chi connectivity index (χ1) is 3.27. The number of carbonyl (C=O) groups is 1. The second-order valence-electron chi connectivity index (χ2n) is 1.33. The van der Waals surface area contributed by atoms with Gasteiger partial charge in [0.25, 0.3) is 0 Å². The van der Waals surface area contributed by atoms with Crippen LogP contribution in [-0.4, -0.2) is 31.7 Å². The molecule has 0 atom stereocenters. The normalized spacial score (nSPS) is 9.43. The predicted octanol–water partition coefficient (Wildman–Crippen LogP) is -0.267. The molecule has 0 aromatic rings. The lowest BCUT2D eigenvalue weighted by molar-refractivity contribution is -0.106. The predicted molar refractivity (Wildman–Crippen MR) is 28.2 cm³/mol. The molecule has 0 radical (unpaired) electrons. The molecule has 0 aliphatic carbocycles. The molecule has 0 bridgehead atoms. The number of rotatable bonds is 2. The zero-order chi connectivity index (χ0) is 5.70. The molecule has 0 aliphatic rings. The van der Waals surface area contributed by atoms with Gasteiger partial charge in [0.1, 0.15) is 0 Å². The van der Waals surface area contributed by atoms with E-state index in [9.17, 15) is 4.79 Å².